The number of carbonyl (C=O) groups excluding carboxylic acids is 2. The monoisotopic (exact) mass is 530 g/mol. The van der Waals surface area contributed by atoms with Crippen LogP contribution < -0.4 is 9.86 Å². The highest BCUT2D eigenvalue weighted by molar-refractivity contribution is 7.80. The number of ether oxygens (including phenoxy) is 2. The van der Waals surface area contributed by atoms with Gasteiger partial charge in [0.2, 0.25) is 5.91 Å². The van der Waals surface area contributed by atoms with Gasteiger partial charge in [0.1, 0.15) is 11.3 Å². The van der Waals surface area contributed by atoms with Gasteiger partial charge in [-0.15, -0.1) is 0 Å². The Kier molecular flexibility index (Phi) is 11.6. The summed E-state index contributed by atoms with van der Waals surface area (Å²) in [7, 11) is 0. The van der Waals surface area contributed by atoms with Crippen LogP contribution in [0.3, 0.4) is 0 Å². The Hall–Kier alpha value is -1.23. The normalized spacial score (nSPS) is 23.6. The highest BCUT2D eigenvalue weighted by atomic mass is 32.2. The van der Waals surface area contributed by atoms with Crippen molar-refractivity contribution in [1.29, 1.82) is 0 Å². The molecule has 0 aromatic heterocycles. The Morgan fingerprint density at radius 2 is 1.86 bits per heavy atom. The molecule has 1 saturated heterocycles. The predicted octanol–water partition coefficient (Wildman–Crippen LogP) is 4.09. The Morgan fingerprint density at radius 3 is 2.42 bits per heavy atom. The first-order chi connectivity index (χ1) is 16.7. The van der Waals surface area contributed by atoms with E-state index in [1.807, 2.05) is 53.4 Å². The molecule has 1 aliphatic carbocycles. The predicted molar refractivity (Wildman–Crippen MR) is 143 cm³/mol. The van der Waals surface area contributed by atoms with Gasteiger partial charge in [-0.05, 0) is 59.3 Å². The number of carbonyl (C=O) groups is 2. The van der Waals surface area contributed by atoms with E-state index in [1.54, 1.807) is 4.90 Å². The van der Waals surface area contributed by atoms with Crippen molar-refractivity contribution in [1.82, 2.24) is 14.5 Å². The highest BCUT2D eigenvalue weighted by Crippen LogP contribution is 2.39. The van der Waals surface area contributed by atoms with Gasteiger partial charge in [-0.3, -0.25) is 9.69 Å². The lowest BCUT2D eigenvalue weighted by molar-refractivity contribution is -0.135. The zero-order valence-electron chi connectivity index (χ0n) is 23.5. The Bertz CT molecular complexity index is 749. The summed E-state index contributed by atoms with van der Waals surface area (Å²) in [6.07, 6.45) is 7.22. The lowest BCUT2D eigenvalue weighted by atomic mass is 9.83. The van der Waals surface area contributed by atoms with Crippen molar-refractivity contribution in [3.63, 3.8) is 0 Å². The van der Waals surface area contributed by atoms with Crippen LogP contribution in [-0.2, 0) is 25.4 Å². The molecular weight excluding hydrogens is 480 g/mol. The number of nitrogens with one attached hydrogen (secondary N) is 1. The lowest BCUT2D eigenvalue weighted by Gasteiger charge is -2.37. The maximum Gasteiger partial charge on any atom is 0.412 e. The molecule has 0 aromatic rings. The molecule has 1 unspecified atom stereocenters. The van der Waals surface area contributed by atoms with Crippen molar-refractivity contribution in [2.75, 3.05) is 19.6 Å². The fourth-order valence-electron chi connectivity index (χ4n) is 5.37. The molecule has 2 aliphatic rings. The maximum atomic E-state index is 13.4. The summed E-state index contributed by atoms with van der Waals surface area (Å²) in [5.74, 6) is 0.816. The largest absolute Gasteiger partial charge is 0.444 e. The summed E-state index contributed by atoms with van der Waals surface area (Å²) in [6.45, 7) is 14.8. The lowest BCUT2D eigenvalue weighted by Crippen LogP contribution is -2.51. The summed E-state index contributed by atoms with van der Waals surface area (Å²) >= 11 is -1.58. The molecule has 0 radical (unpaired) electrons. The Labute approximate surface area is 220 Å². The fraction of sp³-hybridized carbons (Fsp3) is 0.923. The molecule has 1 aliphatic heterocycles. The number of nitrogens with zero attached hydrogens (tertiary/aromatic N) is 2. The van der Waals surface area contributed by atoms with Crippen LogP contribution in [0, 0.1) is 11.8 Å². The van der Waals surface area contributed by atoms with E-state index in [4.69, 9.17) is 14.6 Å². The first-order valence-corrected chi connectivity index (χ1v) is 14.8. The summed E-state index contributed by atoms with van der Waals surface area (Å²) in [5.41, 5.74) is -1.47. The molecular formula is C26H50N4O5S. The third kappa shape index (κ3) is 9.91. The van der Waals surface area contributed by atoms with Crippen LogP contribution >= 0.6 is 0 Å². The van der Waals surface area contributed by atoms with Crippen LogP contribution in [0.4, 0.5) is 4.79 Å². The molecule has 1 saturated carbocycles. The minimum atomic E-state index is -1.58. The molecule has 2 rings (SSSR count). The molecule has 210 valence electrons. The van der Waals surface area contributed by atoms with E-state index in [0.29, 0.717) is 38.4 Å². The van der Waals surface area contributed by atoms with Crippen LogP contribution in [0.25, 0.3) is 0 Å². The number of hydrogen-bond acceptors (Lipinski definition) is 5. The maximum absolute atomic E-state index is 13.4. The van der Waals surface area contributed by atoms with Crippen molar-refractivity contribution in [3.8, 4) is 0 Å². The standard InChI is InChI=1S/C26H50N4O5S/c1-19(2)16-23(31)29(15-11-14-28-36(27)33)18-22-21(17-20-12-9-8-10-13-20)30(26(6,7)34-22)24(32)35-25(3,4)5/h19-22,28H,8-18,27H2,1-7H3/t21-,22-,36?/m0/s1. The minimum absolute atomic E-state index is 0.0624. The molecule has 2 amide bonds. The molecule has 0 bridgehead atoms. The van der Waals surface area contributed by atoms with E-state index >= 15 is 0 Å². The molecule has 36 heavy (non-hydrogen) atoms. The summed E-state index contributed by atoms with van der Waals surface area (Å²) in [4.78, 5) is 30.2. The van der Waals surface area contributed by atoms with E-state index < -0.39 is 22.5 Å². The summed E-state index contributed by atoms with van der Waals surface area (Å²) < 4.78 is 26.2. The second kappa shape index (κ2) is 13.5. The SMILES string of the molecule is CC(C)CC(=O)N(CCCNS(N)=O)C[C@@H]1OC(C)(C)N(C(=O)OC(C)(C)C)[C@H]1CC1CCCCC1. The van der Waals surface area contributed by atoms with Gasteiger partial charge in [-0.2, -0.15) is 0 Å². The van der Waals surface area contributed by atoms with Crippen LogP contribution in [0.2, 0.25) is 0 Å². The molecule has 0 aromatic carbocycles. The van der Waals surface area contributed by atoms with E-state index in [9.17, 15) is 13.8 Å². The van der Waals surface area contributed by atoms with Crippen molar-refractivity contribution in [2.45, 2.75) is 123 Å². The van der Waals surface area contributed by atoms with Gasteiger partial charge in [0.25, 0.3) is 0 Å². The topological polar surface area (TPSA) is 114 Å². The second-order valence-corrected chi connectivity index (χ2v) is 13.1. The number of hydrogen-bond donors (Lipinski definition) is 2. The van der Waals surface area contributed by atoms with Crippen LogP contribution in [0.15, 0.2) is 0 Å². The van der Waals surface area contributed by atoms with Crippen molar-refractivity contribution in [3.05, 3.63) is 0 Å². The quantitative estimate of drug-likeness (QED) is 0.391. The first-order valence-electron chi connectivity index (χ1n) is 13.6. The van der Waals surface area contributed by atoms with Crippen molar-refractivity contribution >= 4 is 23.2 Å². The molecule has 0 spiro atoms. The van der Waals surface area contributed by atoms with Gasteiger partial charge in [-0.1, -0.05) is 46.0 Å². The molecule has 1 heterocycles. The van der Waals surface area contributed by atoms with Crippen molar-refractivity contribution < 1.29 is 23.3 Å². The van der Waals surface area contributed by atoms with Gasteiger partial charge >= 0.3 is 6.09 Å². The average molecular weight is 531 g/mol. The Morgan fingerprint density at radius 1 is 1.22 bits per heavy atom. The van der Waals surface area contributed by atoms with Crippen LogP contribution in [0.5, 0.6) is 0 Å². The third-order valence-electron chi connectivity index (χ3n) is 6.86. The fourth-order valence-corrected chi connectivity index (χ4v) is 5.72. The zero-order valence-corrected chi connectivity index (χ0v) is 24.3. The van der Waals surface area contributed by atoms with E-state index in [0.717, 1.165) is 19.3 Å². The average Bonchev–Trinajstić information content (AvgIpc) is 2.98. The summed E-state index contributed by atoms with van der Waals surface area (Å²) in [6, 6.07) is -0.179. The van der Waals surface area contributed by atoms with Gasteiger partial charge in [0, 0.05) is 26.1 Å². The highest BCUT2D eigenvalue weighted by Gasteiger charge is 2.52. The van der Waals surface area contributed by atoms with Gasteiger partial charge < -0.3 is 14.4 Å². The van der Waals surface area contributed by atoms with E-state index in [2.05, 4.69) is 4.72 Å². The number of nitrogens with two attached hydrogens (primary N) is 1. The van der Waals surface area contributed by atoms with Gasteiger partial charge in [0.05, 0.1) is 12.1 Å². The van der Waals surface area contributed by atoms with E-state index in [-0.39, 0.29) is 30.1 Å². The van der Waals surface area contributed by atoms with Gasteiger partial charge in [-0.25, -0.2) is 18.9 Å². The summed E-state index contributed by atoms with van der Waals surface area (Å²) in [5, 5.41) is 5.30. The smallest absolute Gasteiger partial charge is 0.412 e. The first kappa shape index (κ1) is 31.0. The second-order valence-electron chi connectivity index (χ2n) is 12.2. The molecule has 10 heteroatoms. The molecule has 2 fully saturated rings. The Balaban J connectivity index is 2.27. The van der Waals surface area contributed by atoms with Gasteiger partial charge in [0.15, 0.2) is 11.2 Å². The zero-order chi connectivity index (χ0) is 27.1. The van der Waals surface area contributed by atoms with E-state index in [1.165, 1.54) is 19.3 Å². The third-order valence-corrected chi connectivity index (χ3v) is 7.34. The number of rotatable bonds is 11. The van der Waals surface area contributed by atoms with Crippen LogP contribution in [-0.4, -0.2) is 69.1 Å². The van der Waals surface area contributed by atoms with Crippen molar-refractivity contribution in [2.24, 2.45) is 17.0 Å². The molecule has 3 N–H and O–H groups in total. The minimum Gasteiger partial charge on any atom is -0.444 e. The number of amides is 2. The van der Waals surface area contributed by atoms with Crippen LogP contribution in [0.1, 0.15) is 99.8 Å². The molecule has 9 nitrogen and oxygen atoms in total. The molecule has 3 atom stereocenters.